The van der Waals surface area contributed by atoms with Crippen molar-refractivity contribution in [2.75, 3.05) is 38.0 Å². The van der Waals surface area contributed by atoms with Crippen molar-refractivity contribution in [1.82, 2.24) is 5.32 Å². The number of nitrogens with zero attached hydrogens (tertiary/aromatic N) is 4. The lowest BCUT2D eigenvalue weighted by atomic mass is 10.3. The van der Waals surface area contributed by atoms with Crippen LogP contribution in [0, 0.1) is 10.1 Å². The van der Waals surface area contributed by atoms with Gasteiger partial charge in [-0.2, -0.15) is 10.2 Å². The van der Waals surface area contributed by atoms with Gasteiger partial charge in [0.05, 0.1) is 28.5 Å². The van der Waals surface area contributed by atoms with Gasteiger partial charge in [-0.25, -0.2) is 9.86 Å². The highest BCUT2D eigenvalue weighted by Gasteiger charge is 2.39. The van der Waals surface area contributed by atoms with Crippen molar-refractivity contribution >= 4 is 37.6 Å². The Bertz CT molecular complexity index is 989. The average Bonchev–Trinajstić information content (AvgIpc) is 2.89. The van der Waals surface area contributed by atoms with Crippen molar-refractivity contribution in [1.29, 1.82) is 0 Å². The van der Waals surface area contributed by atoms with E-state index in [0.29, 0.717) is 62.4 Å². The number of azo groups is 1. The van der Waals surface area contributed by atoms with Crippen LogP contribution in [0.3, 0.4) is 0 Å². The van der Waals surface area contributed by atoms with E-state index in [2.05, 4.69) is 15.5 Å². The topological polar surface area (TPSA) is 137 Å². The summed E-state index contributed by atoms with van der Waals surface area (Å²) < 4.78 is 17.5. The Morgan fingerprint density at radius 2 is 1.43 bits per heavy atom. The SMILES string of the molecule is CCO[Si](CCCNC(=O)ON(CC)c1ccc(/N=N/c2ccc([N+](=O)[O-])cc2)cc1)(OCC)OCC. The Kier molecular flexibility index (Phi) is 12.6. The number of hydrogen-bond acceptors (Lipinski definition) is 10. The third kappa shape index (κ3) is 9.88. The number of nitrogens with one attached hydrogen (secondary N) is 1. The Labute approximate surface area is 218 Å². The molecule has 37 heavy (non-hydrogen) atoms. The molecular weight excluding hydrogens is 498 g/mol. The second-order valence-electron chi connectivity index (χ2n) is 7.58. The molecule has 1 amide bonds. The van der Waals surface area contributed by atoms with Crippen LogP contribution in [-0.2, 0) is 18.1 Å². The molecule has 12 nitrogen and oxygen atoms in total. The van der Waals surface area contributed by atoms with Crippen molar-refractivity contribution in [2.45, 2.75) is 40.2 Å². The van der Waals surface area contributed by atoms with Crippen molar-refractivity contribution in [3.05, 3.63) is 58.6 Å². The zero-order valence-electron chi connectivity index (χ0n) is 21.7. The molecule has 0 unspecified atom stereocenters. The summed E-state index contributed by atoms with van der Waals surface area (Å²) in [7, 11) is -2.75. The van der Waals surface area contributed by atoms with E-state index in [1.165, 1.54) is 29.3 Å². The summed E-state index contributed by atoms with van der Waals surface area (Å²) >= 11 is 0. The maximum absolute atomic E-state index is 12.3. The van der Waals surface area contributed by atoms with Crippen LogP contribution in [0.5, 0.6) is 0 Å². The number of hydroxylamine groups is 1. The summed E-state index contributed by atoms with van der Waals surface area (Å²) in [6.45, 7) is 9.92. The number of anilines is 1. The third-order valence-electron chi connectivity index (χ3n) is 4.98. The molecule has 0 atom stereocenters. The fraction of sp³-hybridized carbons (Fsp3) is 0.458. The van der Waals surface area contributed by atoms with Gasteiger partial charge < -0.3 is 23.4 Å². The van der Waals surface area contributed by atoms with Crippen LogP contribution in [0.15, 0.2) is 58.8 Å². The minimum absolute atomic E-state index is 0.0107. The van der Waals surface area contributed by atoms with Crippen LogP contribution < -0.4 is 10.4 Å². The third-order valence-corrected chi connectivity index (χ3v) is 8.13. The molecular formula is C24H35N5O7Si. The summed E-state index contributed by atoms with van der Waals surface area (Å²) in [5.74, 6) is 0. The lowest BCUT2D eigenvalue weighted by Crippen LogP contribution is -2.46. The number of rotatable bonds is 16. The maximum atomic E-state index is 12.3. The van der Waals surface area contributed by atoms with Crippen LogP contribution in [0.1, 0.15) is 34.1 Å². The molecule has 0 fully saturated rings. The first-order valence-electron chi connectivity index (χ1n) is 12.3. The quantitative estimate of drug-likeness (QED) is 0.0923. The summed E-state index contributed by atoms with van der Waals surface area (Å²) in [4.78, 5) is 28.1. The van der Waals surface area contributed by atoms with Gasteiger partial charge in [0.2, 0.25) is 0 Å². The van der Waals surface area contributed by atoms with Crippen molar-refractivity contribution < 1.29 is 27.8 Å². The van der Waals surface area contributed by atoms with Gasteiger partial charge in [0.15, 0.2) is 0 Å². The van der Waals surface area contributed by atoms with Crippen LogP contribution >= 0.6 is 0 Å². The molecule has 0 radical (unpaired) electrons. The Hall–Kier alpha value is -3.39. The minimum Gasteiger partial charge on any atom is -0.374 e. The fourth-order valence-electron chi connectivity index (χ4n) is 3.37. The number of hydrogen-bond donors (Lipinski definition) is 1. The van der Waals surface area contributed by atoms with E-state index >= 15 is 0 Å². The minimum atomic E-state index is -2.75. The van der Waals surface area contributed by atoms with Crippen LogP contribution in [-0.4, -0.2) is 52.7 Å². The highest BCUT2D eigenvalue weighted by atomic mass is 28.4. The molecule has 0 saturated carbocycles. The highest BCUT2D eigenvalue weighted by Crippen LogP contribution is 2.24. The highest BCUT2D eigenvalue weighted by molar-refractivity contribution is 6.60. The van der Waals surface area contributed by atoms with E-state index in [9.17, 15) is 14.9 Å². The lowest BCUT2D eigenvalue weighted by molar-refractivity contribution is -0.384. The van der Waals surface area contributed by atoms with Crippen molar-refractivity contribution in [2.24, 2.45) is 10.2 Å². The zero-order valence-corrected chi connectivity index (χ0v) is 22.7. The predicted molar refractivity (Wildman–Crippen MR) is 141 cm³/mol. The Morgan fingerprint density at radius 3 is 1.89 bits per heavy atom. The van der Waals surface area contributed by atoms with Gasteiger partial charge in [-0.05, 0) is 70.5 Å². The lowest BCUT2D eigenvalue weighted by Gasteiger charge is -2.28. The van der Waals surface area contributed by atoms with E-state index in [-0.39, 0.29) is 5.69 Å². The number of benzene rings is 2. The van der Waals surface area contributed by atoms with E-state index in [0.717, 1.165) is 0 Å². The Morgan fingerprint density at radius 1 is 0.919 bits per heavy atom. The first-order valence-corrected chi connectivity index (χ1v) is 14.2. The summed E-state index contributed by atoms with van der Waals surface area (Å²) in [5, 5.41) is 23.2. The molecule has 2 aromatic rings. The van der Waals surface area contributed by atoms with Crippen molar-refractivity contribution in [3.63, 3.8) is 0 Å². The normalized spacial score (nSPS) is 11.5. The molecule has 0 aliphatic rings. The van der Waals surface area contributed by atoms with Crippen molar-refractivity contribution in [3.8, 4) is 0 Å². The van der Waals surface area contributed by atoms with Crippen LogP contribution in [0.2, 0.25) is 6.04 Å². The van der Waals surface area contributed by atoms with Crippen LogP contribution in [0.25, 0.3) is 0 Å². The average molecular weight is 534 g/mol. The second kappa shape index (κ2) is 15.7. The summed E-state index contributed by atoms with van der Waals surface area (Å²) in [5.41, 5.74) is 1.73. The van der Waals surface area contributed by atoms with E-state index in [1.807, 2.05) is 27.7 Å². The molecule has 13 heteroatoms. The molecule has 202 valence electrons. The van der Waals surface area contributed by atoms with E-state index in [1.54, 1.807) is 24.3 Å². The van der Waals surface area contributed by atoms with Gasteiger partial charge in [-0.15, -0.1) is 0 Å². The molecule has 2 rings (SSSR count). The van der Waals surface area contributed by atoms with Gasteiger partial charge in [0, 0.05) is 44.5 Å². The number of amides is 1. The smallest absolute Gasteiger partial charge is 0.374 e. The van der Waals surface area contributed by atoms with Crippen LogP contribution in [0.4, 0.5) is 27.5 Å². The molecule has 0 aliphatic carbocycles. The molecule has 1 N–H and O–H groups in total. The zero-order chi connectivity index (χ0) is 27.1. The van der Waals surface area contributed by atoms with Gasteiger partial charge >= 0.3 is 14.9 Å². The number of nitro benzene ring substituents is 1. The second-order valence-corrected chi connectivity index (χ2v) is 10.3. The number of carbonyl (C=O) groups excluding carboxylic acids is 1. The standard InChI is InChI=1S/C24H35N5O7Si/c1-5-28(36-24(30)25-18-9-19-37(33-6-2,34-7-3)35-8-4)22-14-10-20(11-15-22)26-27-21-12-16-23(17-13-21)29(31)32/h10-17H,5-9,18-19H2,1-4H3,(H,25,30)/b27-26+. The molecule has 2 aromatic carbocycles. The molecule has 0 aromatic heterocycles. The molecule has 0 aliphatic heterocycles. The molecule has 0 heterocycles. The predicted octanol–water partition coefficient (Wildman–Crippen LogP) is 5.92. The number of nitro groups is 1. The summed E-state index contributed by atoms with van der Waals surface area (Å²) in [6, 6.07) is 13.3. The van der Waals surface area contributed by atoms with Gasteiger partial charge in [-0.1, -0.05) is 0 Å². The number of carbonyl (C=O) groups is 1. The van der Waals surface area contributed by atoms with Gasteiger partial charge in [-0.3, -0.25) is 10.1 Å². The van der Waals surface area contributed by atoms with E-state index in [4.69, 9.17) is 18.1 Å². The molecule has 0 spiro atoms. The number of non-ortho nitro benzene ring substituents is 1. The Balaban J connectivity index is 1.87. The molecule has 0 bridgehead atoms. The van der Waals surface area contributed by atoms with Gasteiger partial charge in [0.1, 0.15) is 0 Å². The first-order chi connectivity index (χ1) is 17.9. The largest absolute Gasteiger partial charge is 0.500 e. The monoisotopic (exact) mass is 533 g/mol. The fourth-order valence-corrected chi connectivity index (χ4v) is 5.98. The molecule has 0 saturated heterocycles. The van der Waals surface area contributed by atoms with Gasteiger partial charge in [0.25, 0.3) is 5.69 Å². The van der Waals surface area contributed by atoms with E-state index < -0.39 is 19.8 Å². The maximum Gasteiger partial charge on any atom is 0.500 e. The summed E-state index contributed by atoms with van der Waals surface area (Å²) in [6.07, 6.45) is 0.0577. The first kappa shape index (κ1) is 29.8.